The fraction of sp³-hybridized carbons (Fsp3) is 1.00. The van der Waals surface area contributed by atoms with E-state index in [0.29, 0.717) is 0 Å². The van der Waals surface area contributed by atoms with Crippen molar-refractivity contribution in [1.82, 2.24) is 10.6 Å². The van der Waals surface area contributed by atoms with E-state index >= 15 is 0 Å². The average Bonchev–Trinajstić information content (AvgIpc) is 2.21. The Morgan fingerprint density at radius 2 is 1.40 bits per heavy atom. The Hall–Kier alpha value is 0.0300. The van der Waals surface area contributed by atoms with E-state index in [4.69, 9.17) is 4.89 Å². The molecule has 1 fully saturated rings. The quantitative estimate of drug-likeness (QED) is 0.615. The third kappa shape index (κ3) is 10.3. The molecule has 3 N–H and O–H groups in total. The van der Waals surface area contributed by atoms with Gasteiger partial charge < -0.3 is 15.5 Å². The van der Waals surface area contributed by atoms with Crippen LogP contribution >= 0.6 is 7.82 Å². The highest BCUT2D eigenvalue weighted by Crippen LogP contribution is 2.42. The predicted molar refractivity (Wildman–Crippen MR) is 58.8 cm³/mol. The summed E-state index contributed by atoms with van der Waals surface area (Å²) in [5.74, 6) is 0. The number of nitrogens with one attached hydrogen (secondary N) is 2. The molecule has 1 heterocycles. The first-order valence-electron chi connectivity index (χ1n) is 5.15. The van der Waals surface area contributed by atoms with Crippen molar-refractivity contribution in [2.24, 2.45) is 0 Å². The first-order valence-corrected chi connectivity index (χ1v) is 6.65. The van der Waals surface area contributed by atoms with Gasteiger partial charge in [0.15, 0.2) is 0 Å². The lowest BCUT2D eigenvalue weighted by atomic mass is 10.4. The second kappa shape index (κ2) is 9.27. The van der Waals surface area contributed by atoms with Gasteiger partial charge in [0.1, 0.15) is 0 Å². The summed E-state index contributed by atoms with van der Waals surface area (Å²) in [6.45, 7) is 8.19. The van der Waals surface area contributed by atoms with Crippen LogP contribution in [0, 0.1) is 0 Å². The predicted octanol–water partition coefficient (Wildman–Crippen LogP) is 0.339. The van der Waals surface area contributed by atoms with Crippen molar-refractivity contribution in [1.29, 1.82) is 0 Å². The first kappa shape index (κ1) is 15.0. The maximum absolute atomic E-state index is 10.5. The van der Waals surface area contributed by atoms with Crippen LogP contribution in [0.25, 0.3) is 0 Å². The third-order valence-corrected chi connectivity index (χ3v) is 2.71. The topological polar surface area (TPSA) is 79.8 Å². The number of hydrogen-bond acceptors (Lipinski definition) is 5. The van der Waals surface area contributed by atoms with E-state index in [1.54, 1.807) is 13.8 Å². The van der Waals surface area contributed by atoms with Crippen molar-refractivity contribution in [3.63, 3.8) is 0 Å². The van der Waals surface area contributed by atoms with Gasteiger partial charge in [0, 0.05) is 26.2 Å². The van der Waals surface area contributed by atoms with Crippen LogP contribution in [0.1, 0.15) is 13.8 Å². The van der Waals surface area contributed by atoms with Crippen molar-refractivity contribution in [3.05, 3.63) is 0 Å². The molecule has 0 radical (unpaired) electrons. The zero-order chi connectivity index (χ0) is 11.6. The molecule has 0 atom stereocenters. The maximum atomic E-state index is 10.5. The molecule has 0 unspecified atom stereocenters. The molecule has 0 saturated carbocycles. The van der Waals surface area contributed by atoms with Crippen LogP contribution in [-0.4, -0.2) is 44.3 Å². The monoisotopic (exact) mass is 240 g/mol. The largest absolute Gasteiger partial charge is 0.472 e. The molecule has 0 aromatic carbocycles. The Morgan fingerprint density at radius 3 is 1.60 bits per heavy atom. The molecule has 0 aromatic heterocycles. The van der Waals surface area contributed by atoms with E-state index in [1.807, 2.05) is 0 Å². The van der Waals surface area contributed by atoms with Crippen molar-refractivity contribution in [2.45, 2.75) is 13.8 Å². The summed E-state index contributed by atoms with van der Waals surface area (Å²) >= 11 is 0. The molecule has 15 heavy (non-hydrogen) atoms. The van der Waals surface area contributed by atoms with Crippen LogP contribution < -0.4 is 10.6 Å². The van der Waals surface area contributed by atoms with E-state index in [-0.39, 0.29) is 13.2 Å². The van der Waals surface area contributed by atoms with Gasteiger partial charge in [-0.3, -0.25) is 9.05 Å². The summed E-state index contributed by atoms with van der Waals surface area (Å²) in [4.78, 5) is 8.63. The Morgan fingerprint density at radius 1 is 1.07 bits per heavy atom. The summed E-state index contributed by atoms with van der Waals surface area (Å²) in [6, 6.07) is 0. The lowest BCUT2D eigenvalue weighted by molar-refractivity contribution is 0.161. The third-order valence-electron chi connectivity index (χ3n) is 1.54. The van der Waals surface area contributed by atoms with Crippen molar-refractivity contribution in [2.75, 3.05) is 39.4 Å². The molecule has 0 bridgehead atoms. The highest BCUT2D eigenvalue weighted by atomic mass is 31.2. The van der Waals surface area contributed by atoms with E-state index in [0.717, 1.165) is 26.2 Å². The molecule has 7 heteroatoms. The molecular weight excluding hydrogens is 219 g/mol. The van der Waals surface area contributed by atoms with Crippen molar-refractivity contribution >= 4 is 7.82 Å². The SMILES string of the molecule is C1CNCCN1.CCOP(=O)(O)OCC. The number of hydrogen-bond donors (Lipinski definition) is 3. The number of rotatable bonds is 4. The average molecular weight is 240 g/mol. The lowest BCUT2D eigenvalue weighted by Crippen LogP contribution is -2.39. The zero-order valence-corrected chi connectivity index (χ0v) is 10.3. The molecule has 1 saturated heterocycles. The molecule has 0 aromatic rings. The Kier molecular flexibility index (Phi) is 9.29. The van der Waals surface area contributed by atoms with Gasteiger partial charge in [-0.15, -0.1) is 0 Å². The van der Waals surface area contributed by atoms with Crippen LogP contribution in [-0.2, 0) is 13.6 Å². The standard InChI is InChI=1S/C4H10N2.C4H11O4P/c1-2-6-4-3-5-1;1-3-7-9(5,6)8-4-2/h5-6H,1-4H2;3-4H2,1-2H3,(H,5,6). The molecule has 6 nitrogen and oxygen atoms in total. The summed E-state index contributed by atoms with van der Waals surface area (Å²) in [6.07, 6.45) is 0. The van der Waals surface area contributed by atoms with Gasteiger partial charge in [-0.2, -0.15) is 0 Å². The minimum Gasteiger partial charge on any atom is -0.314 e. The summed E-state index contributed by atoms with van der Waals surface area (Å²) in [5, 5.41) is 6.44. The highest BCUT2D eigenvalue weighted by molar-refractivity contribution is 7.47. The Labute approximate surface area is 91.0 Å². The fourth-order valence-electron chi connectivity index (χ4n) is 0.967. The fourth-order valence-corrected chi connectivity index (χ4v) is 1.69. The molecule has 0 amide bonds. The second-order valence-electron chi connectivity index (χ2n) is 2.80. The summed E-state index contributed by atoms with van der Waals surface area (Å²) in [5.41, 5.74) is 0. The summed E-state index contributed by atoms with van der Waals surface area (Å²) in [7, 11) is -3.69. The van der Waals surface area contributed by atoms with Gasteiger partial charge in [-0.05, 0) is 13.8 Å². The van der Waals surface area contributed by atoms with E-state index in [9.17, 15) is 4.57 Å². The zero-order valence-electron chi connectivity index (χ0n) is 9.36. The highest BCUT2D eigenvalue weighted by Gasteiger charge is 2.17. The Balaban J connectivity index is 0.000000280. The van der Waals surface area contributed by atoms with Crippen LogP contribution in [0.3, 0.4) is 0 Å². The summed E-state index contributed by atoms with van der Waals surface area (Å²) < 4.78 is 19.2. The maximum Gasteiger partial charge on any atom is 0.472 e. The number of phosphoric acid groups is 1. The van der Waals surface area contributed by atoms with Crippen LogP contribution in [0.2, 0.25) is 0 Å². The number of phosphoric ester groups is 1. The molecule has 1 rings (SSSR count). The molecule has 1 aliphatic rings. The van der Waals surface area contributed by atoms with E-state index in [1.165, 1.54) is 0 Å². The van der Waals surface area contributed by atoms with Crippen LogP contribution in [0.4, 0.5) is 0 Å². The van der Waals surface area contributed by atoms with E-state index in [2.05, 4.69) is 19.7 Å². The van der Waals surface area contributed by atoms with Crippen LogP contribution in [0.15, 0.2) is 0 Å². The van der Waals surface area contributed by atoms with Gasteiger partial charge in [0.05, 0.1) is 13.2 Å². The molecule has 92 valence electrons. The molecule has 1 aliphatic heterocycles. The van der Waals surface area contributed by atoms with Gasteiger partial charge >= 0.3 is 7.82 Å². The first-order chi connectivity index (χ1) is 7.12. The Bertz CT molecular complexity index is 166. The smallest absolute Gasteiger partial charge is 0.314 e. The minimum absolute atomic E-state index is 0.188. The lowest BCUT2D eigenvalue weighted by Gasteiger charge is -2.11. The van der Waals surface area contributed by atoms with E-state index < -0.39 is 7.82 Å². The second-order valence-corrected chi connectivity index (χ2v) is 4.26. The van der Waals surface area contributed by atoms with Crippen molar-refractivity contribution in [3.8, 4) is 0 Å². The van der Waals surface area contributed by atoms with Crippen LogP contribution in [0.5, 0.6) is 0 Å². The van der Waals surface area contributed by atoms with Gasteiger partial charge in [-0.25, -0.2) is 4.57 Å². The minimum atomic E-state index is -3.69. The molecular formula is C8H21N2O4P. The van der Waals surface area contributed by atoms with Gasteiger partial charge in [-0.1, -0.05) is 0 Å². The number of piperazine rings is 1. The molecule has 0 aliphatic carbocycles. The normalized spacial score (nSPS) is 16.7. The molecule has 0 spiro atoms. The van der Waals surface area contributed by atoms with Gasteiger partial charge in [0.25, 0.3) is 0 Å². The van der Waals surface area contributed by atoms with Crippen molar-refractivity contribution < 1.29 is 18.5 Å². The van der Waals surface area contributed by atoms with Gasteiger partial charge in [0.2, 0.25) is 0 Å².